The van der Waals surface area contributed by atoms with E-state index in [9.17, 15) is 18.0 Å². The van der Waals surface area contributed by atoms with Crippen LogP contribution in [0.4, 0.5) is 19.0 Å². The molecule has 3 atom stereocenters. The van der Waals surface area contributed by atoms with Crippen molar-refractivity contribution in [2.75, 3.05) is 36.8 Å². The highest BCUT2D eigenvalue weighted by Crippen LogP contribution is 2.85. The number of halogens is 4. The average molecular weight is 490 g/mol. The fourth-order valence-corrected chi connectivity index (χ4v) is 8.31. The second kappa shape index (κ2) is 8.05. The summed E-state index contributed by atoms with van der Waals surface area (Å²) in [7, 11) is 0. The van der Waals surface area contributed by atoms with Gasteiger partial charge in [0.15, 0.2) is 0 Å². The molecule has 1 spiro atoms. The number of aromatic nitrogens is 1. The van der Waals surface area contributed by atoms with Gasteiger partial charge in [0.05, 0.1) is 5.56 Å². The largest absolute Gasteiger partial charge is 0.419 e. The second-order valence-corrected chi connectivity index (χ2v) is 11.5. The Hall–Kier alpha value is -0.990. The number of aryl methyl sites for hydroxylation is 1. The highest BCUT2D eigenvalue weighted by molar-refractivity contribution is 7.97. The van der Waals surface area contributed by atoms with Crippen LogP contribution in [0.25, 0.3) is 0 Å². The molecule has 2 aliphatic carbocycles. The average Bonchev–Trinajstić information content (AvgIpc) is 3.27. The maximum Gasteiger partial charge on any atom is 0.419 e. The predicted molar refractivity (Wildman–Crippen MR) is 123 cm³/mol. The van der Waals surface area contributed by atoms with Gasteiger partial charge in [0.1, 0.15) is 17.3 Å². The number of hydrogen-bond donors (Lipinski definition) is 0. The molecule has 1 saturated heterocycles. The molecule has 9 heteroatoms. The molecular weight excluding hydrogens is 459 g/mol. The molecule has 4 nitrogen and oxygen atoms in total. The van der Waals surface area contributed by atoms with Crippen LogP contribution in [0.2, 0.25) is 5.15 Å². The van der Waals surface area contributed by atoms with E-state index < -0.39 is 16.9 Å². The highest BCUT2D eigenvalue weighted by atomic mass is 35.5. The minimum Gasteiger partial charge on any atom is -0.354 e. The smallest absolute Gasteiger partial charge is 0.354 e. The van der Waals surface area contributed by atoms with Crippen LogP contribution in [0.1, 0.15) is 51.2 Å². The lowest BCUT2D eigenvalue weighted by Crippen LogP contribution is -2.50. The topological polar surface area (TPSA) is 36.4 Å². The van der Waals surface area contributed by atoms with Crippen molar-refractivity contribution in [1.29, 1.82) is 0 Å². The normalized spacial score (nSPS) is 32.1. The summed E-state index contributed by atoms with van der Waals surface area (Å²) in [6, 6.07) is 1.08. The molecule has 0 N–H and O–H groups in total. The number of nitrogens with zero attached hydrogens (tertiary/aromatic N) is 3. The van der Waals surface area contributed by atoms with E-state index in [0.717, 1.165) is 44.2 Å². The van der Waals surface area contributed by atoms with Gasteiger partial charge in [0.25, 0.3) is 0 Å². The van der Waals surface area contributed by atoms with E-state index in [0.29, 0.717) is 30.4 Å². The molecule has 178 valence electrons. The summed E-state index contributed by atoms with van der Waals surface area (Å²) in [5.41, 5.74) is -0.274. The first-order valence-corrected chi connectivity index (χ1v) is 12.6. The van der Waals surface area contributed by atoms with Crippen molar-refractivity contribution in [3.63, 3.8) is 0 Å². The summed E-state index contributed by atoms with van der Waals surface area (Å²) in [4.78, 5) is 18.3. The number of piperazine rings is 1. The lowest BCUT2D eigenvalue weighted by molar-refractivity contribution is -0.137. The summed E-state index contributed by atoms with van der Waals surface area (Å²) >= 11 is 7.60. The Labute approximate surface area is 197 Å². The molecule has 1 aliphatic heterocycles. The van der Waals surface area contributed by atoms with Gasteiger partial charge in [-0.1, -0.05) is 50.7 Å². The molecule has 3 unspecified atom stereocenters. The minimum absolute atomic E-state index is 0.156. The molecule has 1 aromatic rings. The number of rotatable bonds is 6. The highest BCUT2D eigenvalue weighted by Gasteiger charge is 2.81. The Bertz CT molecular complexity index is 903. The van der Waals surface area contributed by atoms with Crippen LogP contribution in [-0.4, -0.2) is 47.5 Å². The van der Waals surface area contributed by atoms with E-state index >= 15 is 0 Å². The number of alkyl halides is 3. The first-order valence-electron chi connectivity index (χ1n) is 11.3. The second-order valence-electron chi connectivity index (χ2n) is 10.1. The molecule has 3 aliphatic rings. The molecular formula is C23H31ClF3N3OS. The number of anilines is 1. The maximum absolute atomic E-state index is 13.1. The van der Waals surface area contributed by atoms with Gasteiger partial charge < -0.3 is 9.69 Å². The van der Waals surface area contributed by atoms with E-state index in [-0.39, 0.29) is 16.2 Å². The van der Waals surface area contributed by atoms with Crippen molar-refractivity contribution in [3.8, 4) is 0 Å². The van der Waals surface area contributed by atoms with E-state index in [2.05, 4.69) is 30.1 Å². The fourth-order valence-electron chi connectivity index (χ4n) is 6.76. The van der Waals surface area contributed by atoms with Crippen molar-refractivity contribution in [3.05, 3.63) is 22.3 Å². The minimum atomic E-state index is -4.51. The first kappa shape index (κ1) is 24.1. The first-order chi connectivity index (χ1) is 14.9. The zero-order chi connectivity index (χ0) is 23.5. The summed E-state index contributed by atoms with van der Waals surface area (Å²) < 4.78 is 41.5. The molecule has 1 aromatic heterocycles. The van der Waals surface area contributed by atoms with Crippen molar-refractivity contribution >= 4 is 35.7 Å². The molecule has 2 saturated carbocycles. The maximum atomic E-state index is 13.1. The Morgan fingerprint density at radius 2 is 1.91 bits per heavy atom. The zero-order valence-electron chi connectivity index (χ0n) is 19.1. The van der Waals surface area contributed by atoms with Gasteiger partial charge in [-0.2, -0.15) is 13.2 Å². The van der Waals surface area contributed by atoms with Gasteiger partial charge in [-0.25, -0.2) is 9.29 Å². The van der Waals surface area contributed by atoms with Crippen LogP contribution in [0.3, 0.4) is 0 Å². The van der Waals surface area contributed by atoms with Gasteiger partial charge in [-0.15, -0.1) is 0 Å². The Balaban J connectivity index is 1.37. The monoisotopic (exact) mass is 489 g/mol. The molecule has 0 bridgehead atoms. The van der Waals surface area contributed by atoms with Crippen LogP contribution >= 0.6 is 23.5 Å². The van der Waals surface area contributed by atoms with Gasteiger partial charge in [0.2, 0.25) is 0 Å². The number of carbonyl (C=O) groups is 1. The molecule has 2 heterocycles. The van der Waals surface area contributed by atoms with Crippen molar-refractivity contribution in [2.45, 2.75) is 53.1 Å². The van der Waals surface area contributed by atoms with E-state index in [1.54, 1.807) is 18.9 Å². The summed E-state index contributed by atoms with van der Waals surface area (Å²) in [5, 5.41) is -0.504. The fraction of sp³-hybridized carbons (Fsp3) is 0.739. The van der Waals surface area contributed by atoms with Crippen LogP contribution in [0, 0.1) is 29.1 Å². The van der Waals surface area contributed by atoms with Crippen LogP contribution in [0.15, 0.2) is 6.07 Å². The quantitative estimate of drug-likeness (QED) is 0.284. The molecule has 32 heavy (non-hydrogen) atoms. The predicted octanol–water partition coefficient (Wildman–Crippen LogP) is 5.86. The van der Waals surface area contributed by atoms with Gasteiger partial charge in [0, 0.05) is 37.3 Å². The third-order valence-electron chi connectivity index (χ3n) is 8.51. The molecule has 4 rings (SSSR count). The van der Waals surface area contributed by atoms with Crippen LogP contribution < -0.4 is 4.90 Å². The van der Waals surface area contributed by atoms with Crippen molar-refractivity contribution < 1.29 is 18.0 Å². The Morgan fingerprint density at radius 1 is 1.25 bits per heavy atom. The van der Waals surface area contributed by atoms with E-state index in [1.165, 1.54) is 6.29 Å². The Kier molecular flexibility index (Phi) is 6.07. The Morgan fingerprint density at radius 3 is 2.38 bits per heavy atom. The number of carbonyl (C=O) groups excluding carboxylic acids is 1. The summed E-state index contributed by atoms with van der Waals surface area (Å²) in [5.74, 6) is 1.94. The molecule has 0 radical (unpaired) electrons. The van der Waals surface area contributed by atoms with E-state index in [4.69, 9.17) is 11.6 Å². The number of hydrogen-bond acceptors (Lipinski definition) is 5. The third kappa shape index (κ3) is 3.47. The molecule has 0 aromatic carbocycles. The van der Waals surface area contributed by atoms with Crippen LogP contribution in [-0.2, 0) is 11.0 Å². The van der Waals surface area contributed by atoms with Crippen molar-refractivity contribution in [2.24, 2.45) is 22.2 Å². The molecule has 3 fully saturated rings. The molecule has 0 amide bonds. The van der Waals surface area contributed by atoms with Gasteiger partial charge in [-0.05, 0) is 48.1 Å². The lowest BCUT2D eigenvalue weighted by Gasteiger charge is -2.50. The third-order valence-corrected chi connectivity index (χ3v) is 10.2. The lowest BCUT2D eigenvalue weighted by atomic mass is 9.55. The summed E-state index contributed by atoms with van der Waals surface area (Å²) in [6.07, 6.45) is -0.0482. The zero-order valence-corrected chi connectivity index (χ0v) is 20.6. The number of aldehydes is 1. The van der Waals surface area contributed by atoms with Gasteiger partial charge in [-0.3, -0.25) is 0 Å². The number of pyridine rings is 1. The van der Waals surface area contributed by atoms with Gasteiger partial charge >= 0.3 is 6.18 Å². The van der Waals surface area contributed by atoms with Crippen molar-refractivity contribution in [1.82, 2.24) is 9.29 Å². The summed E-state index contributed by atoms with van der Waals surface area (Å²) in [6.45, 7) is 11.3. The van der Waals surface area contributed by atoms with E-state index in [1.807, 2.05) is 4.90 Å². The van der Waals surface area contributed by atoms with Crippen LogP contribution in [0.5, 0.6) is 0 Å². The SMILES string of the molecule is CCC1C(C)(C)C12CCC2(C=O)CSN1CCN(c2nc(Cl)c(C(F)(F)F)cc2C)CC1. The standard InChI is InChI=1S/C23H31ClF3N3OS/c1-5-17-20(3,4)22(17)7-6-21(22,13-31)14-32-30-10-8-29(9-11-30)19-15(2)12-16(18(24)28-19)23(25,26)27/h12-13,17H,5-11,14H2,1-4H3.